The molecule has 1 aromatic heterocycles. The first-order valence-corrected chi connectivity index (χ1v) is 9.35. The van der Waals surface area contributed by atoms with Gasteiger partial charge in [0.1, 0.15) is 17.3 Å². The van der Waals surface area contributed by atoms with E-state index in [4.69, 9.17) is 18.6 Å². The Morgan fingerprint density at radius 3 is 2.59 bits per heavy atom. The maximum Gasteiger partial charge on any atom is 0.227 e. The number of nitrogens with zero attached hydrogens (tertiary/aromatic N) is 1. The smallest absolute Gasteiger partial charge is 0.227 e. The molecule has 1 amide bonds. The quantitative estimate of drug-likeness (QED) is 0.788. The largest absolute Gasteiger partial charge is 0.502 e. The monoisotopic (exact) mass is 403 g/mol. The summed E-state index contributed by atoms with van der Waals surface area (Å²) in [5.74, 6) is 0.0948. The van der Waals surface area contributed by atoms with Crippen molar-refractivity contribution < 1.29 is 28.5 Å². The number of aryl methyl sites for hydroxylation is 1. The Hall–Kier alpha value is -3.00. The van der Waals surface area contributed by atoms with Crippen LogP contribution in [0.15, 0.2) is 33.5 Å². The Morgan fingerprint density at radius 2 is 1.93 bits per heavy atom. The highest BCUT2D eigenvalue weighted by Gasteiger charge is 2.30. The number of amides is 1. The number of benzene rings is 1. The van der Waals surface area contributed by atoms with Crippen LogP contribution in [0.2, 0.25) is 0 Å². The summed E-state index contributed by atoms with van der Waals surface area (Å²) in [7, 11) is 3.05. The fourth-order valence-corrected chi connectivity index (χ4v) is 3.43. The van der Waals surface area contributed by atoms with Crippen LogP contribution in [0.4, 0.5) is 0 Å². The van der Waals surface area contributed by atoms with Gasteiger partial charge in [0.25, 0.3) is 0 Å². The molecule has 29 heavy (non-hydrogen) atoms. The van der Waals surface area contributed by atoms with Gasteiger partial charge in [-0.05, 0) is 13.0 Å². The molecule has 156 valence electrons. The molecule has 0 radical (unpaired) electrons. The third kappa shape index (κ3) is 4.54. The minimum atomic E-state index is -0.709. The number of hydrogen-bond donors (Lipinski definition) is 1. The molecule has 3 rings (SSSR count). The molecule has 0 saturated carbocycles. The first-order chi connectivity index (χ1) is 13.9. The van der Waals surface area contributed by atoms with Crippen LogP contribution >= 0.6 is 0 Å². The molecule has 0 unspecified atom stereocenters. The van der Waals surface area contributed by atoms with Crippen LogP contribution in [0, 0.1) is 6.92 Å². The van der Waals surface area contributed by atoms with E-state index in [1.807, 2.05) is 0 Å². The molecule has 0 spiro atoms. The standard InChI is InChI=1S/C21H25NO7/c1-13-10-17(23)20(25)21(29-13)16(12-19(24)22-6-8-28-9-7-22)15-5-4-14(26-2)11-18(15)27-3/h4-5,10-11,16,25H,6-9,12H2,1-3H3/t16-/m0/s1. The molecule has 8 heteroatoms. The topological polar surface area (TPSA) is 98.4 Å². The second kappa shape index (κ2) is 9.00. The summed E-state index contributed by atoms with van der Waals surface area (Å²) >= 11 is 0. The zero-order chi connectivity index (χ0) is 21.0. The van der Waals surface area contributed by atoms with Crippen LogP contribution in [0.25, 0.3) is 0 Å². The minimum Gasteiger partial charge on any atom is -0.502 e. The third-order valence-corrected chi connectivity index (χ3v) is 4.95. The van der Waals surface area contributed by atoms with Crippen LogP contribution in [-0.4, -0.2) is 56.4 Å². The molecule has 1 aromatic carbocycles. The second-order valence-electron chi connectivity index (χ2n) is 6.79. The maximum absolute atomic E-state index is 13.0. The zero-order valence-corrected chi connectivity index (χ0v) is 16.8. The summed E-state index contributed by atoms with van der Waals surface area (Å²) in [4.78, 5) is 26.8. The van der Waals surface area contributed by atoms with Crippen molar-refractivity contribution >= 4 is 5.91 Å². The van der Waals surface area contributed by atoms with Crippen molar-refractivity contribution in [1.29, 1.82) is 0 Å². The lowest BCUT2D eigenvalue weighted by atomic mass is 9.90. The summed E-state index contributed by atoms with van der Waals surface area (Å²) in [5, 5.41) is 10.4. The molecular weight excluding hydrogens is 378 g/mol. The molecule has 2 aromatic rings. The number of carbonyl (C=O) groups is 1. The lowest BCUT2D eigenvalue weighted by molar-refractivity contribution is -0.135. The van der Waals surface area contributed by atoms with Gasteiger partial charge < -0.3 is 28.6 Å². The van der Waals surface area contributed by atoms with Gasteiger partial charge in [-0.1, -0.05) is 6.07 Å². The highest BCUT2D eigenvalue weighted by atomic mass is 16.5. The number of carbonyl (C=O) groups excluding carboxylic acids is 1. The SMILES string of the molecule is COc1ccc([C@H](CC(=O)N2CCOCC2)c2oc(C)cc(=O)c2O)c(OC)c1. The molecule has 2 heterocycles. The second-order valence-corrected chi connectivity index (χ2v) is 6.79. The van der Waals surface area contributed by atoms with E-state index in [0.29, 0.717) is 49.1 Å². The molecule has 1 saturated heterocycles. The van der Waals surface area contributed by atoms with E-state index in [0.717, 1.165) is 0 Å². The van der Waals surface area contributed by atoms with E-state index in [1.165, 1.54) is 13.2 Å². The maximum atomic E-state index is 13.0. The van der Waals surface area contributed by atoms with E-state index in [9.17, 15) is 14.7 Å². The van der Waals surface area contributed by atoms with Gasteiger partial charge >= 0.3 is 0 Å². The highest BCUT2D eigenvalue weighted by molar-refractivity contribution is 5.78. The van der Waals surface area contributed by atoms with Crippen molar-refractivity contribution in [1.82, 2.24) is 4.90 Å². The van der Waals surface area contributed by atoms with Gasteiger partial charge in [0, 0.05) is 37.2 Å². The molecule has 1 atom stereocenters. The van der Waals surface area contributed by atoms with Crippen LogP contribution in [0.5, 0.6) is 17.2 Å². The number of methoxy groups -OCH3 is 2. The van der Waals surface area contributed by atoms with Gasteiger partial charge in [-0.3, -0.25) is 9.59 Å². The van der Waals surface area contributed by atoms with Crippen molar-refractivity contribution in [2.45, 2.75) is 19.3 Å². The average molecular weight is 403 g/mol. The number of ether oxygens (including phenoxy) is 3. The van der Waals surface area contributed by atoms with E-state index in [1.54, 1.807) is 37.1 Å². The molecule has 0 bridgehead atoms. The Morgan fingerprint density at radius 1 is 1.21 bits per heavy atom. The highest BCUT2D eigenvalue weighted by Crippen LogP contribution is 2.39. The minimum absolute atomic E-state index is 0.00262. The molecule has 1 N–H and O–H groups in total. The lowest BCUT2D eigenvalue weighted by Gasteiger charge is -2.29. The van der Waals surface area contributed by atoms with Crippen molar-refractivity contribution in [3.05, 3.63) is 51.6 Å². The van der Waals surface area contributed by atoms with Gasteiger partial charge in [-0.2, -0.15) is 0 Å². The van der Waals surface area contributed by atoms with Gasteiger partial charge in [-0.15, -0.1) is 0 Å². The van der Waals surface area contributed by atoms with Crippen LogP contribution < -0.4 is 14.9 Å². The predicted molar refractivity (Wildman–Crippen MR) is 105 cm³/mol. The molecule has 1 fully saturated rings. The molecular formula is C21H25NO7. The summed E-state index contributed by atoms with van der Waals surface area (Å²) in [6.07, 6.45) is 0.00262. The summed E-state index contributed by atoms with van der Waals surface area (Å²) in [5.41, 5.74) is 0.0546. The predicted octanol–water partition coefficient (Wildman–Crippen LogP) is 2.05. The Labute approximate surface area is 168 Å². The van der Waals surface area contributed by atoms with Gasteiger partial charge in [0.15, 0.2) is 5.76 Å². The summed E-state index contributed by atoms with van der Waals surface area (Å²) in [6.45, 7) is 3.57. The van der Waals surface area contributed by atoms with E-state index < -0.39 is 17.1 Å². The lowest BCUT2D eigenvalue weighted by Crippen LogP contribution is -2.41. The molecule has 1 aliphatic rings. The van der Waals surface area contributed by atoms with Crippen molar-refractivity contribution in [2.24, 2.45) is 0 Å². The number of hydrogen-bond acceptors (Lipinski definition) is 7. The first-order valence-electron chi connectivity index (χ1n) is 9.35. The molecule has 8 nitrogen and oxygen atoms in total. The van der Waals surface area contributed by atoms with Gasteiger partial charge in [0.2, 0.25) is 17.1 Å². The Kier molecular flexibility index (Phi) is 6.43. The number of rotatable bonds is 6. The Balaban J connectivity index is 2.07. The van der Waals surface area contributed by atoms with E-state index in [2.05, 4.69) is 0 Å². The third-order valence-electron chi connectivity index (χ3n) is 4.95. The summed E-state index contributed by atoms with van der Waals surface area (Å²) in [6, 6.07) is 6.38. The van der Waals surface area contributed by atoms with Gasteiger partial charge in [0.05, 0.1) is 33.4 Å². The zero-order valence-electron chi connectivity index (χ0n) is 16.8. The van der Waals surface area contributed by atoms with Gasteiger partial charge in [-0.25, -0.2) is 0 Å². The fourth-order valence-electron chi connectivity index (χ4n) is 3.43. The fraction of sp³-hybridized carbons (Fsp3) is 0.429. The van der Waals surface area contributed by atoms with Crippen molar-refractivity contribution in [2.75, 3.05) is 40.5 Å². The van der Waals surface area contributed by atoms with Crippen molar-refractivity contribution in [3.63, 3.8) is 0 Å². The molecule has 0 aliphatic carbocycles. The Bertz CT molecular complexity index is 931. The summed E-state index contributed by atoms with van der Waals surface area (Å²) < 4.78 is 21.8. The van der Waals surface area contributed by atoms with Crippen LogP contribution in [0.3, 0.4) is 0 Å². The number of morpholine rings is 1. The number of aromatic hydroxyl groups is 1. The first kappa shape index (κ1) is 20.7. The van der Waals surface area contributed by atoms with Crippen molar-refractivity contribution in [3.8, 4) is 17.2 Å². The van der Waals surface area contributed by atoms with E-state index in [-0.39, 0.29) is 18.1 Å². The van der Waals surface area contributed by atoms with Crippen LogP contribution in [0.1, 0.15) is 29.4 Å². The van der Waals surface area contributed by atoms with E-state index >= 15 is 0 Å². The van der Waals surface area contributed by atoms with Crippen LogP contribution in [-0.2, 0) is 9.53 Å². The average Bonchev–Trinajstić information content (AvgIpc) is 2.74. The molecule has 1 aliphatic heterocycles. The normalized spacial score (nSPS) is 15.1.